The topological polar surface area (TPSA) is 70.7 Å². The minimum Gasteiger partial charge on any atom is -0.406 e. The number of hydrogen-bond donors (Lipinski definition) is 2. The second-order valence-electron chi connectivity index (χ2n) is 8.01. The van der Waals surface area contributed by atoms with Crippen LogP contribution in [0, 0.1) is 5.82 Å². The molecular weight excluding hydrogens is 490 g/mol. The highest BCUT2D eigenvalue weighted by atomic mass is 35.5. The third-order valence-electron chi connectivity index (χ3n) is 5.85. The first kappa shape index (κ1) is 23.0. The lowest BCUT2D eigenvalue weighted by atomic mass is 9.96. The van der Waals surface area contributed by atoms with Crippen molar-refractivity contribution in [2.24, 2.45) is 0 Å². The first-order valence-electron chi connectivity index (χ1n) is 10.5. The van der Waals surface area contributed by atoms with Crippen molar-refractivity contribution in [2.45, 2.75) is 18.8 Å². The van der Waals surface area contributed by atoms with Crippen molar-refractivity contribution in [3.05, 3.63) is 87.7 Å². The number of nitrogens with one attached hydrogen (secondary N) is 2. The SMILES string of the molecule is O=C1NC(c2cc(F)ccc2Cl)c2c(NC(=O)N3CCc4cc(OC(F)(F)F)ccc43)cccc21. The molecule has 3 aromatic rings. The van der Waals surface area contributed by atoms with Crippen molar-refractivity contribution in [1.82, 2.24) is 5.32 Å². The number of alkyl halides is 3. The summed E-state index contributed by atoms with van der Waals surface area (Å²) in [6, 6.07) is 11.1. The highest BCUT2D eigenvalue weighted by Gasteiger charge is 2.35. The maximum atomic E-state index is 13.9. The number of carbonyl (C=O) groups is 2. The summed E-state index contributed by atoms with van der Waals surface area (Å²) in [4.78, 5) is 27.1. The zero-order chi connectivity index (χ0) is 24.9. The van der Waals surface area contributed by atoms with Gasteiger partial charge in [-0.2, -0.15) is 0 Å². The van der Waals surface area contributed by atoms with E-state index in [-0.39, 0.29) is 17.3 Å². The molecule has 5 rings (SSSR count). The number of anilines is 2. The molecule has 1 unspecified atom stereocenters. The monoisotopic (exact) mass is 505 g/mol. The Labute approximate surface area is 201 Å². The molecule has 2 heterocycles. The van der Waals surface area contributed by atoms with Gasteiger partial charge in [0.05, 0.1) is 6.04 Å². The van der Waals surface area contributed by atoms with E-state index in [9.17, 15) is 27.2 Å². The maximum Gasteiger partial charge on any atom is 0.573 e. The van der Waals surface area contributed by atoms with Crippen molar-refractivity contribution >= 4 is 34.9 Å². The summed E-state index contributed by atoms with van der Waals surface area (Å²) >= 11 is 6.27. The minimum atomic E-state index is -4.82. The lowest BCUT2D eigenvalue weighted by Crippen LogP contribution is -2.33. The summed E-state index contributed by atoms with van der Waals surface area (Å²) in [6.45, 7) is 0.238. The van der Waals surface area contributed by atoms with Crippen molar-refractivity contribution in [3.63, 3.8) is 0 Å². The van der Waals surface area contributed by atoms with Crippen molar-refractivity contribution in [1.29, 1.82) is 0 Å². The van der Waals surface area contributed by atoms with Crippen molar-refractivity contribution < 1.29 is 31.9 Å². The van der Waals surface area contributed by atoms with E-state index in [1.54, 1.807) is 18.2 Å². The number of carbonyl (C=O) groups excluding carboxylic acids is 2. The molecule has 0 spiro atoms. The number of nitrogens with zero attached hydrogens (tertiary/aromatic N) is 1. The number of amides is 3. The first-order valence-corrected chi connectivity index (χ1v) is 10.8. The van der Waals surface area contributed by atoms with Crippen LogP contribution in [-0.2, 0) is 6.42 Å². The third kappa shape index (κ3) is 4.37. The standard InChI is InChI=1S/C24H16ClF4N3O3/c25-17-6-4-13(26)11-16(17)21-20-15(22(33)31-21)2-1-3-18(20)30-23(34)32-9-8-12-10-14(5-7-19(12)32)35-24(27,28)29/h1-7,10-11,21H,8-9H2,(H,30,34)(H,31,33). The molecule has 1 atom stereocenters. The van der Waals surface area contributed by atoms with Crippen LogP contribution in [0.5, 0.6) is 5.75 Å². The van der Waals surface area contributed by atoms with Crippen LogP contribution in [0.2, 0.25) is 5.02 Å². The van der Waals surface area contributed by atoms with Crippen LogP contribution in [0.15, 0.2) is 54.6 Å². The predicted octanol–water partition coefficient (Wildman–Crippen LogP) is 5.81. The molecule has 2 aliphatic heterocycles. The summed E-state index contributed by atoms with van der Waals surface area (Å²) < 4.78 is 55.5. The second kappa shape index (κ2) is 8.46. The molecule has 180 valence electrons. The minimum absolute atomic E-state index is 0.238. The van der Waals surface area contributed by atoms with Gasteiger partial charge in [-0.15, -0.1) is 13.2 Å². The molecule has 0 bridgehead atoms. The zero-order valence-electron chi connectivity index (χ0n) is 17.7. The zero-order valence-corrected chi connectivity index (χ0v) is 18.5. The van der Waals surface area contributed by atoms with Gasteiger partial charge >= 0.3 is 12.4 Å². The molecule has 0 aliphatic carbocycles. The number of urea groups is 1. The van der Waals surface area contributed by atoms with Crippen LogP contribution in [0.25, 0.3) is 0 Å². The van der Waals surface area contributed by atoms with E-state index < -0.39 is 30.2 Å². The normalized spacial score (nSPS) is 16.5. The van der Waals surface area contributed by atoms with Crippen LogP contribution < -0.4 is 20.3 Å². The van der Waals surface area contributed by atoms with Crippen LogP contribution in [-0.4, -0.2) is 24.8 Å². The van der Waals surface area contributed by atoms with Crippen LogP contribution in [0.3, 0.4) is 0 Å². The van der Waals surface area contributed by atoms with Gasteiger partial charge < -0.3 is 15.4 Å². The molecule has 0 radical (unpaired) electrons. The average Bonchev–Trinajstić information content (AvgIpc) is 3.36. The van der Waals surface area contributed by atoms with E-state index in [0.29, 0.717) is 40.0 Å². The molecule has 3 amide bonds. The molecule has 11 heteroatoms. The van der Waals surface area contributed by atoms with E-state index in [4.69, 9.17) is 11.6 Å². The Bertz CT molecular complexity index is 1360. The average molecular weight is 506 g/mol. The molecule has 0 saturated carbocycles. The number of hydrogen-bond acceptors (Lipinski definition) is 3. The smallest absolute Gasteiger partial charge is 0.406 e. The predicted molar refractivity (Wildman–Crippen MR) is 120 cm³/mol. The van der Waals surface area contributed by atoms with Gasteiger partial charge in [0.15, 0.2) is 0 Å². The highest BCUT2D eigenvalue weighted by molar-refractivity contribution is 6.31. The number of ether oxygens (including phenoxy) is 1. The first-order chi connectivity index (χ1) is 16.6. The Hall–Kier alpha value is -3.79. The molecule has 2 aliphatic rings. The fourth-order valence-corrected chi connectivity index (χ4v) is 4.63. The molecular formula is C24H16ClF4N3O3. The molecule has 6 nitrogen and oxygen atoms in total. The van der Waals surface area contributed by atoms with Crippen LogP contribution in [0.4, 0.5) is 33.7 Å². The summed E-state index contributed by atoms with van der Waals surface area (Å²) in [7, 11) is 0. The van der Waals surface area contributed by atoms with Gasteiger partial charge in [0, 0.05) is 39.6 Å². The fraction of sp³-hybridized carbons (Fsp3) is 0.167. The fourth-order valence-electron chi connectivity index (χ4n) is 4.40. The Morgan fingerprint density at radius 2 is 1.94 bits per heavy atom. The van der Waals surface area contributed by atoms with E-state index >= 15 is 0 Å². The van der Waals surface area contributed by atoms with E-state index in [1.807, 2.05) is 0 Å². The van der Waals surface area contributed by atoms with Gasteiger partial charge in [-0.1, -0.05) is 17.7 Å². The van der Waals surface area contributed by atoms with Crippen molar-refractivity contribution in [3.8, 4) is 5.75 Å². The molecule has 35 heavy (non-hydrogen) atoms. The van der Waals surface area contributed by atoms with E-state index in [2.05, 4.69) is 15.4 Å². The Morgan fingerprint density at radius 1 is 1.14 bits per heavy atom. The van der Waals surface area contributed by atoms with Crippen LogP contribution >= 0.6 is 11.6 Å². The van der Waals surface area contributed by atoms with E-state index in [1.165, 1.54) is 35.2 Å². The molecule has 0 fully saturated rings. The lowest BCUT2D eigenvalue weighted by molar-refractivity contribution is -0.274. The Kier molecular flexibility index (Phi) is 5.55. The lowest BCUT2D eigenvalue weighted by Gasteiger charge is -2.21. The van der Waals surface area contributed by atoms with Gasteiger partial charge in [0.2, 0.25) is 0 Å². The summed E-state index contributed by atoms with van der Waals surface area (Å²) in [6.07, 6.45) is -4.48. The number of halogens is 5. The highest BCUT2D eigenvalue weighted by Crippen LogP contribution is 2.40. The van der Waals surface area contributed by atoms with Gasteiger partial charge in [-0.3, -0.25) is 9.69 Å². The number of benzene rings is 3. The summed E-state index contributed by atoms with van der Waals surface area (Å²) in [5, 5.41) is 5.79. The Morgan fingerprint density at radius 3 is 2.71 bits per heavy atom. The second-order valence-corrected chi connectivity index (χ2v) is 8.42. The summed E-state index contributed by atoms with van der Waals surface area (Å²) in [5.74, 6) is -1.29. The summed E-state index contributed by atoms with van der Waals surface area (Å²) in [5.41, 5.74) is 2.38. The van der Waals surface area contributed by atoms with E-state index in [0.717, 1.165) is 6.07 Å². The van der Waals surface area contributed by atoms with Crippen LogP contribution in [0.1, 0.15) is 33.1 Å². The third-order valence-corrected chi connectivity index (χ3v) is 6.19. The maximum absolute atomic E-state index is 13.9. The largest absolute Gasteiger partial charge is 0.573 e. The molecule has 2 N–H and O–H groups in total. The van der Waals surface area contributed by atoms with Gasteiger partial charge in [0.25, 0.3) is 5.91 Å². The Balaban J connectivity index is 1.44. The molecule has 0 aromatic heterocycles. The molecule has 3 aromatic carbocycles. The van der Waals surface area contributed by atoms with Gasteiger partial charge in [0.1, 0.15) is 11.6 Å². The molecule has 0 saturated heterocycles. The number of rotatable bonds is 3. The number of fused-ring (bicyclic) bond motifs is 2. The van der Waals surface area contributed by atoms with Crippen molar-refractivity contribution in [2.75, 3.05) is 16.8 Å². The van der Waals surface area contributed by atoms with Gasteiger partial charge in [-0.05, 0) is 60.5 Å². The quantitative estimate of drug-likeness (QED) is 0.442. The van der Waals surface area contributed by atoms with Gasteiger partial charge in [-0.25, -0.2) is 9.18 Å².